The normalized spacial score (nSPS) is 11.8. The molecular formula is C14H17ClO2. The number of ether oxygens (including phenoxy) is 1. The average Bonchev–Trinajstić information content (AvgIpc) is 2.18. The lowest BCUT2D eigenvalue weighted by molar-refractivity contribution is -0.153. The fourth-order valence-electron chi connectivity index (χ4n) is 1.25. The van der Waals surface area contributed by atoms with Gasteiger partial charge in [0.25, 0.3) is 0 Å². The Balaban J connectivity index is 2.45. The number of esters is 1. The molecule has 0 amide bonds. The molecule has 0 aliphatic carbocycles. The van der Waals surface area contributed by atoms with E-state index in [2.05, 4.69) is 0 Å². The Morgan fingerprint density at radius 3 is 2.41 bits per heavy atom. The molecule has 1 aromatic rings. The number of carbonyl (C=O) groups is 1. The molecule has 0 unspecified atom stereocenters. The first-order valence-corrected chi connectivity index (χ1v) is 5.88. The van der Waals surface area contributed by atoms with Crippen LogP contribution in [-0.4, -0.2) is 11.6 Å². The zero-order valence-electron chi connectivity index (χ0n) is 10.4. The van der Waals surface area contributed by atoms with Crippen molar-refractivity contribution < 1.29 is 9.53 Å². The summed E-state index contributed by atoms with van der Waals surface area (Å²) < 4.78 is 5.18. The summed E-state index contributed by atoms with van der Waals surface area (Å²) in [7, 11) is 0. The highest BCUT2D eigenvalue weighted by molar-refractivity contribution is 6.30. The summed E-state index contributed by atoms with van der Waals surface area (Å²) >= 11 is 5.77. The monoisotopic (exact) mass is 252 g/mol. The van der Waals surface area contributed by atoms with Crippen LogP contribution in [0.3, 0.4) is 0 Å². The van der Waals surface area contributed by atoms with Gasteiger partial charge >= 0.3 is 5.97 Å². The van der Waals surface area contributed by atoms with E-state index < -0.39 is 5.60 Å². The molecule has 0 fully saturated rings. The molecule has 3 heteroatoms. The van der Waals surface area contributed by atoms with E-state index in [4.69, 9.17) is 16.3 Å². The Morgan fingerprint density at radius 1 is 1.29 bits per heavy atom. The SMILES string of the molecule is CC(C)(C)OC(=O)C/C=C/c1ccc(Cl)cc1. The molecule has 92 valence electrons. The molecule has 0 saturated heterocycles. The first kappa shape index (κ1) is 13.8. The van der Waals surface area contributed by atoms with Gasteiger partial charge in [-0.1, -0.05) is 35.9 Å². The number of hydrogen-bond acceptors (Lipinski definition) is 2. The van der Waals surface area contributed by atoms with Crippen LogP contribution < -0.4 is 0 Å². The fourth-order valence-corrected chi connectivity index (χ4v) is 1.37. The summed E-state index contributed by atoms with van der Waals surface area (Å²) in [6, 6.07) is 7.42. The maximum absolute atomic E-state index is 11.4. The third kappa shape index (κ3) is 6.12. The standard InChI is InChI=1S/C14H17ClO2/c1-14(2,3)17-13(16)6-4-5-11-7-9-12(15)10-8-11/h4-5,7-10H,6H2,1-3H3/b5-4+. The minimum atomic E-state index is -0.425. The molecule has 0 N–H and O–H groups in total. The van der Waals surface area contributed by atoms with Crippen LogP contribution in [0, 0.1) is 0 Å². The number of halogens is 1. The zero-order chi connectivity index (χ0) is 12.9. The van der Waals surface area contributed by atoms with E-state index in [1.165, 1.54) is 0 Å². The molecule has 0 aliphatic heterocycles. The minimum absolute atomic E-state index is 0.220. The highest BCUT2D eigenvalue weighted by Gasteiger charge is 2.14. The van der Waals surface area contributed by atoms with Crippen molar-refractivity contribution in [1.82, 2.24) is 0 Å². The van der Waals surface area contributed by atoms with Crippen molar-refractivity contribution in [2.24, 2.45) is 0 Å². The molecule has 0 atom stereocenters. The Bertz CT molecular complexity index is 399. The van der Waals surface area contributed by atoms with E-state index in [0.717, 1.165) is 5.56 Å². The van der Waals surface area contributed by atoms with Crippen LogP contribution in [0.25, 0.3) is 6.08 Å². The second-order valence-electron chi connectivity index (χ2n) is 4.74. The van der Waals surface area contributed by atoms with E-state index in [1.54, 1.807) is 6.08 Å². The van der Waals surface area contributed by atoms with Crippen molar-refractivity contribution in [3.63, 3.8) is 0 Å². The highest BCUT2D eigenvalue weighted by Crippen LogP contribution is 2.12. The molecule has 0 aliphatic rings. The smallest absolute Gasteiger partial charge is 0.310 e. The zero-order valence-corrected chi connectivity index (χ0v) is 11.1. The van der Waals surface area contributed by atoms with Gasteiger partial charge in [0.05, 0.1) is 6.42 Å². The topological polar surface area (TPSA) is 26.3 Å². The van der Waals surface area contributed by atoms with Crippen molar-refractivity contribution in [2.45, 2.75) is 32.8 Å². The molecule has 2 nitrogen and oxygen atoms in total. The van der Waals surface area contributed by atoms with Gasteiger partial charge in [-0.3, -0.25) is 4.79 Å². The Hall–Kier alpha value is -1.28. The Labute approximate surface area is 107 Å². The molecule has 0 radical (unpaired) electrons. The van der Waals surface area contributed by atoms with Crippen LogP contribution >= 0.6 is 11.6 Å². The first-order chi connectivity index (χ1) is 7.87. The number of carbonyl (C=O) groups excluding carboxylic acids is 1. The van der Waals surface area contributed by atoms with Crippen LogP contribution in [0.1, 0.15) is 32.8 Å². The lowest BCUT2D eigenvalue weighted by atomic mass is 10.2. The van der Waals surface area contributed by atoms with E-state index in [0.29, 0.717) is 5.02 Å². The third-order valence-corrected chi connectivity index (χ3v) is 2.14. The molecule has 0 heterocycles. The number of benzene rings is 1. The quantitative estimate of drug-likeness (QED) is 0.758. The van der Waals surface area contributed by atoms with Crippen LogP contribution in [0.2, 0.25) is 5.02 Å². The molecule has 17 heavy (non-hydrogen) atoms. The van der Waals surface area contributed by atoms with E-state index in [-0.39, 0.29) is 12.4 Å². The van der Waals surface area contributed by atoms with E-state index >= 15 is 0 Å². The lowest BCUT2D eigenvalue weighted by Crippen LogP contribution is -2.23. The van der Waals surface area contributed by atoms with Gasteiger partial charge in [0.2, 0.25) is 0 Å². The Morgan fingerprint density at radius 2 is 1.88 bits per heavy atom. The number of rotatable bonds is 3. The van der Waals surface area contributed by atoms with Gasteiger partial charge in [0.15, 0.2) is 0 Å². The van der Waals surface area contributed by atoms with Gasteiger partial charge < -0.3 is 4.74 Å². The van der Waals surface area contributed by atoms with Gasteiger partial charge in [-0.05, 0) is 38.5 Å². The second-order valence-corrected chi connectivity index (χ2v) is 5.18. The molecule has 0 saturated carbocycles. The highest BCUT2D eigenvalue weighted by atomic mass is 35.5. The molecule has 1 rings (SSSR count). The molecule has 0 spiro atoms. The maximum Gasteiger partial charge on any atom is 0.310 e. The molecule has 1 aromatic carbocycles. The summed E-state index contributed by atoms with van der Waals surface area (Å²) in [5.41, 5.74) is 0.587. The van der Waals surface area contributed by atoms with Gasteiger partial charge in [-0.15, -0.1) is 0 Å². The maximum atomic E-state index is 11.4. The van der Waals surface area contributed by atoms with Crippen LogP contribution in [-0.2, 0) is 9.53 Å². The van der Waals surface area contributed by atoms with Crippen molar-refractivity contribution in [2.75, 3.05) is 0 Å². The van der Waals surface area contributed by atoms with Crippen LogP contribution in [0.5, 0.6) is 0 Å². The first-order valence-electron chi connectivity index (χ1n) is 5.51. The predicted octanol–water partition coefficient (Wildman–Crippen LogP) is 4.09. The van der Waals surface area contributed by atoms with Crippen molar-refractivity contribution in [3.05, 3.63) is 40.9 Å². The second kappa shape index (κ2) is 5.87. The van der Waals surface area contributed by atoms with Gasteiger partial charge in [-0.2, -0.15) is 0 Å². The van der Waals surface area contributed by atoms with Gasteiger partial charge in [0.1, 0.15) is 5.60 Å². The molecular weight excluding hydrogens is 236 g/mol. The van der Waals surface area contributed by atoms with Gasteiger partial charge in [0, 0.05) is 5.02 Å². The van der Waals surface area contributed by atoms with Crippen molar-refractivity contribution in [3.8, 4) is 0 Å². The Kier molecular flexibility index (Phi) is 4.76. The minimum Gasteiger partial charge on any atom is -0.460 e. The summed E-state index contributed by atoms with van der Waals surface area (Å²) in [6.07, 6.45) is 3.94. The summed E-state index contributed by atoms with van der Waals surface area (Å²) in [4.78, 5) is 11.4. The average molecular weight is 253 g/mol. The predicted molar refractivity (Wildman–Crippen MR) is 70.9 cm³/mol. The van der Waals surface area contributed by atoms with Crippen molar-refractivity contribution >= 4 is 23.6 Å². The summed E-state index contributed by atoms with van der Waals surface area (Å²) in [6.45, 7) is 5.56. The lowest BCUT2D eigenvalue weighted by Gasteiger charge is -2.18. The van der Waals surface area contributed by atoms with E-state index in [1.807, 2.05) is 51.1 Å². The third-order valence-electron chi connectivity index (χ3n) is 1.88. The van der Waals surface area contributed by atoms with Crippen LogP contribution in [0.4, 0.5) is 0 Å². The number of hydrogen-bond donors (Lipinski definition) is 0. The summed E-state index contributed by atoms with van der Waals surface area (Å²) in [5, 5.41) is 0.703. The molecule has 0 aromatic heterocycles. The van der Waals surface area contributed by atoms with E-state index in [9.17, 15) is 4.79 Å². The van der Waals surface area contributed by atoms with Gasteiger partial charge in [-0.25, -0.2) is 0 Å². The molecule has 0 bridgehead atoms. The largest absolute Gasteiger partial charge is 0.460 e. The fraction of sp³-hybridized carbons (Fsp3) is 0.357. The summed E-state index contributed by atoms with van der Waals surface area (Å²) in [5.74, 6) is -0.220. The van der Waals surface area contributed by atoms with Crippen LogP contribution in [0.15, 0.2) is 30.3 Å². The van der Waals surface area contributed by atoms with Crippen molar-refractivity contribution in [1.29, 1.82) is 0 Å².